The molecule has 0 radical (unpaired) electrons. The normalized spacial score (nSPS) is 5.17. The zero-order chi connectivity index (χ0) is 5.58. The monoisotopic (exact) mass is 91.1 g/mol. The van der Waals surface area contributed by atoms with Crippen molar-refractivity contribution in [3.05, 3.63) is 0 Å². The molecule has 1 amide bonds. The van der Waals surface area contributed by atoms with Gasteiger partial charge in [-0.05, 0) is 0 Å². The molecule has 6 heavy (non-hydrogen) atoms. The number of carbonyl (C=O) groups is 1. The molecule has 0 rings (SSSR count). The van der Waals surface area contributed by atoms with E-state index in [0.717, 1.165) is 0 Å². The first-order chi connectivity index (χ1) is 2.73. The molecule has 0 heterocycles. The van der Waals surface area contributed by atoms with Crippen LogP contribution in [0.4, 0.5) is 0 Å². The highest BCUT2D eigenvalue weighted by Crippen LogP contribution is 1.33. The summed E-state index contributed by atoms with van der Waals surface area (Å²) in [6, 6.07) is 0. The SMILES string of the molecule is CC.CC(N)=O.[HH]. The van der Waals surface area contributed by atoms with E-state index in [-0.39, 0.29) is 7.33 Å². The van der Waals surface area contributed by atoms with Crippen molar-refractivity contribution in [1.82, 2.24) is 0 Å². The third-order valence-electron chi connectivity index (χ3n) is 0. The zero-order valence-electron chi connectivity index (χ0n) is 4.49. The lowest BCUT2D eigenvalue weighted by Gasteiger charge is -1.60. The highest BCUT2D eigenvalue weighted by Gasteiger charge is 1.61. The first-order valence-electron chi connectivity index (χ1n) is 1.99. The van der Waals surface area contributed by atoms with Gasteiger partial charge in [-0.25, -0.2) is 0 Å². The van der Waals surface area contributed by atoms with Crippen LogP contribution in [-0.4, -0.2) is 5.91 Å². The molecule has 0 aromatic rings. The molecule has 2 N–H and O–H groups in total. The van der Waals surface area contributed by atoms with Crippen LogP contribution in [0.1, 0.15) is 22.2 Å². The minimum atomic E-state index is -0.333. The van der Waals surface area contributed by atoms with Crippen molar-refractivity contribution in [2.75, 3.05) is 0 Å². The highest BCUT2D eigenvalue weighted by atomic mass is 16.1. The predicted molar refractivity (Wildman–Crippen MR) is 28.3 cm³/mol. The van der Waals surface area contributed by atoms with Crippen molar-refractivity contribution < 1.29 is 6.22 Å². The summed E-state index contributed by atoms with van der Waals surface area (Å²) in [5.41, 5.74) is 4.47. The quantitative estimate of drug-likeness (QED) is 0.470. The molecule has 0 saturated heterocycles. The fourth-order valence-corrected chi connectivity index (χ4v) is 0. The topological polar surface area (TPSA) is 43.1 Å². The Morgan fingerprint density at radius 1 is 1.67 bits per heavy atom. The van der Waals surface area contributed by atoms with Gasteiger partial charge >= 0.3 is 0 Å². The molecule has 0 fully saturated rings. The van der Waals surface area contributed by atoms with Gasteiger partial charge < -0.3 is 5.73 Å². The molecule has 40 valence electrons. The molecule has 0 spiro atoms. The van der Waals surface area contributed by atoms with Gasteiger partial charge in [0.2, 0.25) is 5.91 Å². The summed E-state index contributed by atoms with van der Waals surface area (Å²) in [6.45, 7) is 5.31. The van der Waals surface area contributed by atoms with E-state index in [1.807, 2.05) is 13.8 Å². The van der Waals surface area contributed by atoms with Gasteiger partial charge in [0.15, 0.2) is 0 Å². The van der Waals surface area contributed by atoms with Gasteiger partial charge in [-0.2, -0.15) is 0 Å². The molecule has 0 atom stereocenters. The lowest BCUT2D eigenvalue weighted by atomic mass is 10.8. The van der Waals surface area contributed by atoms with Gasteiger partial charge in [0, 0.05) is 8.35 Å². The number of nitrogens with two attached hydrogens (primary N) is 1. The van der Waals surface area contributed by atoms with E-state index in [2.05, 4.69) is 5.73 Å². The van der Waals surface area contributed by atoms with Gasteiger partial charge in [0.1, 0.15) is 0 Å². The van der Waals surface area contributed by atoms with Crippen LogP contribution in [0.3, 0.4) is 0 Å². The Kier molecular flexibility index (Phi) is 13.3. The molecule has 0 aliphatic rings. The maximum Gasteiger partial charge on any atom is 0.214 e. The number of hydrogen-bond donors (Lipinski definition) is 1. The molecule has 2 heteroatoms. The van der Waals surface area contributed by atoms with Crippen LogP contribution in [0.2, 0.25) is 0 Å². The molecular formula is C4H13NO. The second-order valence-corrected chi connectivity index (χ2v) is 0.611. The summed E-state index contributed by atoms with van der Waals surface area (Å²) in [4.78, 5) is 9.22. The Morgan fingerprint density at radius 2 is 1.67 bits per heavy atom. The summed E-state index contributed by atoms with van der Waals surface area (Å²) in [5.74, 6) is -0.333. The first-order valence-corrected chi connectivity index (χ1v) is 1.99. The summed E-state index contributed by atoms with van der Waals surface area (Å²) in [6.07, 6.45) is 0. The first kappa shape index (κ1) is 9.08. The zero-order valence-corrected chi connectivity index (χ0v) is 4.49. The number of amides is 1. The fourth-order valence-electron chi connectivity index (χ4n) is 0. The van der Waals surface area contributed by atoms with Gasteiger partial charge in [-0.1, -0.05) is 13.8 Å². The Bertz CT molecular complexity index is 34.7. The van der Waals surface area contributed by atoms with E-state index in [1.165, 1.54) is 6.92 Å². The predicted octanol–water partition coefficient (Wildman–Crippen LogP) is 0.764. The van der Waals surface area contributed by atoms with E-state index in [0.29, 0.717) is 0 Å². The smallest absolute Gasteiger partial charge is 0.214 e. The van der Waals surface area contributed by atoms with Crippen molar-refractivity contribution >= 4 is 5.91 Å². The molecule has 0 aromatic heterocycles. The van der Waals surface area contributed by atoms with Gasteiger partial charge in [-0.15, -0.1) is 0 Å². The minimum absolute atomic E-state index is 0. The fraction of sp³-hybridized carbons (Fsp3) is 0.750. The van der Waals surface area contributed by atoms with Crippen LogP contribution in [0.5, 0.6) is 0 Å². The third kappa shape index (κ3) is 75.4. The number of hydrogen-bond acceptors (Lipinski definition) is 1. The maximum absolute atomic E-state index is 9.22. The van der Waals surface area contributed by atoms with Gasteiger partial charge in [-0.3, -0.25) is 4.79 Å². The van der Waals surface area contributed by atoms with Crippen LogP contribution < -0.4 is 5.73 Å². The van der Waals surface area contributed by atoms with Crippen LogP contribution in [0, 0.1) is 0 Å². The van der Waals surface area contributed by atoms with E-state index < -0.39 is 0 Å². The minimum Gasteiger partial charge on any atom is -0.370 e. The van der Waals surface area contributed by atoms with Crippen LogP contribution >= 0.6 is 0 Å². The van der Waals surface area contributed by atoms with E-state index in [4.69, 9.17) is 0 Å². The second-order valence-electron chi connectivity index (χ2n) is 0.611. The number of carbonyl (C=O) groups excluding carboxylic acids is 1. The van der Waals surface area contributed by atoms with Crippen molar-refractivity contribution in [2.45, 2.75) is 20.8 Å². The third-order valence-corrected chi connectivity index (χ3v) is 0. The molecule has 0 unspecified atom stereocenters. The summed E-state index contributed by atoms with van der Waals surface area (Å²) < 4.78 is 0. The van der Waals surface area contributed by atoms with Crippen molar-refractivity contribution in [3.8, 4) is 0 Å². The maximum atomic E-state index is 9.22. The van der Waals surface area contributed by atoms with Gasteiger partial charge in [0.05, 0.1) is 0 Å². The molecular weight excluding hydrogens is 78.0 g/mol. The van der Waals surface area contributed by atoms with E-state index in [9.17, 15) is 4.79 Å². The molecule has 0 aromatic carbocycles. The summed E-state index contributed by atoms with van der Waals surface area (Å²) >= 11 is 0. The Labute approximate surface area is 39.8 Å². The molecule has 0 aliphatic carbocycles. The van der Waals surface area contributed by atoms with E-state index in [1.54, 1.807) is 0 Å². The van der Waals surface area contributed by atoms with Gasteiger partial charge in [0.25, 0.3) is 0 Å². The lowest BCUT2D eigenvalue weighted by molar-refractivity contribution is -0.115. The van der Waals surface area contributed by atoms with Crippen molar-refractivity contribution in [1.29, 1.82) is 0 Å². The average Bonchev–Trinajstić information content (AvgIpc) is 1.41. The molecule has 0 aliphatic heterocycles. The molecule has 0 bridgehead atoms. The highest BCUT2D eigenvalue weighted by molar-refractivity contribution is 5.70. The largest absolute Gasteiger partial charge is 0.370 e. The summed E-state index contributed by atoms with van der Waals surface area (Å²) in [7, 11) is 0. The van der Waals surface area contributed by atoms with Crippen molar-refractivity contribution in [2.24, 2.45) is 5.73 Å². The van der Waals surface area contributed by atoms with Crippen LogP contribution in [-0.2, 0) is 4.79 Å². The second kappa shape index (κ2) is 8.82. The Morgan fingerprint density at radius 3 is 1.67 bits per heavy atom. The Balaban J connectivity index is -0.0000000480. The standard InChI is InChI=1S/C2H5NO.C2H6.H2/c1-2(3)4;1-2;/h1H3,(H2,3,4);1-2H3;1H. The van der Waals surface area contributed by atoms with Crippen molar-refractivity contribution in [3.63, 3.8) is 0 Å². The average molecular weight is 91.2 g/mol. The summed E-state index contributed by atoms with van der Waals surface area (Å²) in [5, 5.41) is 0. The van der Waals surface area contributed by atoms with Crippen LogP contribution in [0.15, 0.2) is 0 Å². The number of rotatable bonds is 0. The van der Waals surface area contributed by atoms with Crippen LogP contribution in [0.25, 0.3) is 0 Å². The molecule has 0 saturated carbocycles. The lowest BCUT2D eigenvalue weighted by Crippen LogP contribution is -2.01. The molecule has 2 nitrogen and oxygen atoms in total. The Hall–Kier alpha value is -0.530. The number of primary amides is 1. The van der Waals surface area contributed by atoms with E-state index >= 15 is 0 Å².